The van der Waals surface area contributed by atoms with E-state index in [-0.39, 0.29) is 11.5 Å². The number of benzene rings is 1. The zero-order valence-corrected chi connectivity index (χ0v) is 6.94. The highest BCUT2D eigenvalue weighted by atomic mass is 19.1. The molecule has 1 nitrogen and oxygen atoms in total. The number of phenolic OH excluding ortho intramolecular Hbond substituents is 1. The molecule has 0 unspecified atom stereocenters. The van der Waals surface area contributed by atoms with Crippen molar-refractivity contribution in [3.05, 3.63) is 29.3 Å². The first-order valence-corrected chi connectivity index (χ1v) is 3.70. The lowest BCUT2D eigenvalue weighted by Gasteiger charge is -2.07. The van der Waals surface area contributed by atoms with E-state index in [1.54, 1.807) is 13.8 Å². The van der Waals surface area contributed by atoms with Crippen molar-refractivity contribution in [1.29, 1.82) is 0 Å². The van der Waals surface area contributed by atoms with Crippen LogP contribution in [0.25, 0.3) is 0 Å². The van der Waals surface area contributed by atoms with Gasteiger partial charge in [-0.3, -0.25) is 0 Å². The summed E-state index contributed by atoms with van der Waals surface area (Å²) in [4.78, 5) is 0. The molecule has 0 fully saturated rings. The molecule has 0 spiro atoms. The van der Waals surface area contributed by atoms with Gasteiger partial charge >= 0.3 is 0 Å². The highest BCUT2D eigenvalue weighted by Crippen LogP contribution is 2.24. The Bertz CT molecular complexity index is 295. The summed E-state index contributed by atoms with van der Waals surface area (Å²) in [5.74, 6) is -2.07. The number of rotatable bonds is 1. The van der Waals surface area contributed by atoms with E-state index in [1.165, 1.54) is 0 Å². The predicted molar refractivity (Wildman–Crippen MR) is 42.1 cm³/mol. The lowest BCUT2D eigenvalue weighted by atomic mass is 10.0. The van der Waals surface area contributed by atoms with E-state index in [0.29, 0.717) is 0 Å². The van der Waals surface area contributed by atoms with Gasteiger partial charge in [-0.25, -0.2) is 8.78 Å². The van der Waals surface area contributed by atoms with E-state index >= 15 is 0 Å². The summed E-state index contributed by atoms with van der Waals surface area (Å²) in [7, 11) is 0. The number of phenols is 1. The second-order valence-corrected chi connectivity index (χ2v) is 2.98. The van der Waals surface area contributed by atoms with Gasteiger partial charge in [0.1, 0.15) is 5.82 Å². The van der Waals surface area contributed by atoms with Gasteiger partial charge < -0.3 is 5.11 Å². The van der Waals surface area contributed by atoms with Crippen molar-refractivity contribution in [1.82, 2.24) is 0 Å². The zero-order chi connectivity index (χ0) is 9.30. The molecule has 1 N–H and O–H groups in total. The molecule has 0 amide bonds. The van der Waals surface area contributed by atoms with Crippen LogP contribution in [-0.2, 0) is 0 Å². The van der Waals surface area contributed by atoms with Gasteiger partial charge in [-0.2, -0.15) is 0 Å². The molecule has 0 saturated heterocycles. The molecule has 0 radical (unpaired) electrons. The van der Waals surface area contributed by atoms with Crippen LogP contribution in [0.4, 0.5) is 8.78 Å². The third-order valence-corrected chi connectivity index (χ3v) is 1.69. The Hall–Kier alpha value is -1.12. The van der Waals surface area contributed by atoms with Gasteiger partial charge in [-0.15, -0.1) is 0 Å². The first kappa shape index (κ1) is 8.97. The smallest absolute Gasteiger partial charge is 0.165 e. The van der Waals surface area contributed by atoms with E-state index in [4.69, 9.17) is 5.11 Å². The predicted octanol–water partition coefficient (Wildman–Crippen LogP) is 2.79. The molecule has 0 aliphatic heterocycles. The minimum Gasteiger partial charge on any atom is -0.505 e. The van der Waals surface area contributed by atoms with Crippen LogP contribution in [0.5, 0.6) is 5.75 Å². The molecule has 0 aliphatic rings. The normalized spacial score (nSPS) is 10.8. The third kappa shape index (κ3) is 1.55. The lowest BCUT2D eigenvalue weighted by molar-refractivity contribution is 0.424. The second kappa shape index (κ2) is 3.09. The molecular weight excluding hydrogens is 162 g/mol. The molecule has 0 aromatic heterocycles. The summed E-state index contributed by atoms with van der Waals surface area (Å²) in [6.07, 6.45) is 0. The highest BCUT2D eigenvalue weighted by molar-refractivity contribution is 5.31. The van der Waals surface area contributed by atoms with Crippen molar-refractivity contribution in [3.8, 4) is 5.75 Å². The second-order valence-electron chi connectivity index (χ2n) is 2.98. The molecule has 66 valence electrons. The van der Waals surface area contributed by atoms with Gasteiger partial charge in [0.25, 0.3) is 0 Å². The van der Waals surface area contributed by atoms with Gasteiger partial charge in [0.15, 0.2) is 11.6 Å². The lowest BCUT2D eigenvalue weighted by Crippen LogP contribution is -1.94. The first-order valence-electron chi connectivity index (χ1n) is 3.70. The van der Waals surface area contributed by atoms with E-state index < -0.39 is 17.4 Å². The van der Waals surface area contributed by atoms with Crippen molar-refractivity contribution in [2.75, 3.05) is 0 Å². The Balaban J connectivity index is 3.23. The Morgan fingerprint density at radius 1 is 1.17 bits per heavy atom. The monoisotopic (exact) mass is 172 g/mol. The molecule has 1 aromatic carbocycles. The van der Waals surface area contributed by atoms with Crippen LogP contribution >= 0.6 is 0 Å². The fraction of sp³-hybridized carbons (Fsp3) is 0.333. The molecule has 12 heavy (non-hydrogen) atoms. The Labute approximate surface area is 69.7 Å². The quantitative estimate of drug-likeness (QED) is 0.690. The molecule has 3 heteroatoms. The molecule has 0 bridgehead atoms. The number of aromatic hydroxyl groups is 1. The van der Waals surface area contributed by atoms with Crippen LogP contribution in [0.3, 0.4) is 0 Å². The van der Waals surface area contributed by atoms with Gasteiger partial charge in [0.2, 0.25) is 0 Å². The molecule has 0 saturated carbocycles. The number of hydrogen-bond donors (Lipinski definition) is 1. The molecule has 0 heterocycles. The maximum absolute atomic E-state index is 13.0. The van der Waals surface area contributed by atoms with Crippen LogP contribution in [0.2, 0.25) is 0 Å². The van der Waals surface area contributed by atoms with Crippen LogP contribution in [0.1, 0.15) is 25.3 Å². The SMILES string of the molecule is CC(C)c1cc(F)c(O)cc1F. The highest BCUT2D eigenvalue weighted by Gasteiger charge is 2.11. The van der Waals surface area contributed by atoms with E-state index in [2.05, 4.69) is 0 Å². The molecule has 1 rings (SSSR count). The molecule has 1 aromatic rings. The van der Waals surface area contributed by atoms with Gasteiger partial charge in [0, 0.05) is 6.07 Å². The molecular formula is C9H10F2O. The number of halogens is 2. The summed E-state index contributed by atoms with van der Waals surface area (Å²) >= 11 is 0. The van der Waals surface area contributed by atoms with Crippen LogP contribution in [0, 0.1) is 11.6 Å². The van der Waals surface area contributed by atoms with E-state index in [0.717, 1.165) is 12.1 Å². The van der Waals surface area contributed by atoms with Crippen molar-refractivity contribution in [3.63, 3.8) is 0 Å². The van der Waals surface area contributed by atoms with E-state index in [1.807, 2.05) is 0 Å². The van der Waals surface area contributed by atoms with Crippen LogP contribution < -0.4 is 0 Å². The largest absolute Gasteiger partial charge is 0.505 e. The standard InChI is InChI=1S/C9H10F2O/c1-5(2)6-3-8(11)9(12)4-7(6)10/h3-5,12H,1-2H3. The maximum atomic E-state index is 13.0. The summed E-state index contributed by atoms with van der Waals surface area (Å²) in [5, 5.41) is 8.79. The van der Waals surface area contributed by atoms with Crippen LogP contribution in [0.15, 0.2) is 12.1 Å². The Morgan fingerprint density at radius 2 is 1.75 bits per heavy atom. The summed E-state index contributed by atoms with van der Waals surface area (Å²) in [6, 6.07) is 1.82. The van der Waals surface area contributed by atoms with E-state index in [9.17, 15) is 8.78 Å². The topological polar surface area (TPSA) is 20.2 Å². The van der Waals surface area contributed by atoms with Crippen molar-refractivity contribution in [2.45, 2.75) is 19.8 Å². The minimum absolute atomic E-state index is 0.0832. The summed E-state index contributed by atoms with van der Waals surface area (Å²) < 4.78 is 25.7. The first-order chi connectivity index (χ1) is 5.52. The van der Waals surface area contributed by atoms with Gasteiger partial charge in [0.05, 0.1) is 0 Å². The molecule has 0 atom stereocenters. The van der Waals surface area contributed by atoms with Gasteiger partial charge in [-0.05, 0) is 17.5 Å². The summed E-state index contributed by atoms with van der Waals surface area (Å²) in [6.45, 7) is 3.52. The summed E-state index contributed by atoms with van der Waals surface area (Å²) in [5.41, 5.74) is 0.283. The maximum Gasteiger partial charge on any atom is 0.165 e. The van der Waals surface area contributed by atoms with Crippen molar-refractivity contribution < 1.29 is 13.9 Å². The van der Waals surface area contributed by atoms with Crippen LogP contribution in [-0.4, -0.2) is 5.11 Å². The van der Waals surface area contributed by atoms with Gasteiger partial charge in [-0.1, -0.05) is 13.8 Å². The zero-order valence-electron chi connectivity index (χ0n) is 6.94. The number of hydrogen-bond acceptors (Lipinski definition) is 1. The van der Waals surface area contributed by atoms with Crippen molar-refractivity contribution >= 4 is 0 Å². The fourth-order valence-electron chi connectivity index (χ4n) is 0.994. The molecule has 0 aliphatic carbocycles. The Kier molecular flexibility index (Phi) is 2.31. The fourth-order valence-corrected chi connectivity index (χ4v) is 0.994. The van der Waals surface area contributed by atoms with Crippen molar-refractivity contribution in [2.24, 2.45) is 0 Å². The average molecular weight is 172 g/mol. The third-order valence-electron chi connectivity index (χ3n) is 1.69. The average Bonchev–Trinajstić information content (AvgIpc) is 1.96. The minimum atomic E-state index is -0.778. The Morgan fingerprint density at radius 3 is 2.25 bits per heavy atom.